The molecule has 1 amide bonds. The van der Waals surface area contributed by atoms with Crippen molar-refractivity contribution in [3.8, 4) is 11.3 Å². The van der Waals surface area contributed by atoms with Gasteiger partial charge in [0.25, 0.3) is 5.91 Å². The summed E-state index contributed by atoms with van der Waals surface area (Å²) in [5.74, 6) is 0.0331. The van der Waals surface area contributed by atoms with Crippen molar-refractivity contribution in [2.45, 2.75) is 33.7 Å². The second kappa shape index (κ2) is 7.03. The maximum Gasteiger partial charge on any atom is 0.254 e. The van der Waals surface area contributed by atoms with Crippen molar-refractivity contribution in [1.82, 2.24) is 19.3 Å². The first-order chi connectivity index (χ1) is 12.3. The Kier molecular flexibility index (Phi) is 4.96. The van der Waals surface area contributed by atoms with Gasteiger partial charge in [-0.1, -0.05) is 11.6 Å². The van der Waals surface area contributed by atoms with E-state index in [-0.39, 0.29) is 22.7 Å². The van der Waals surface area contributed by atoms with Crippen LogP contribution in [0.25, 0.3) is 16.8 Å². The van der Waals surface area contributed by atoms with Crippen LogP contribution in [0.3, 0.4) is 0 Å². The Morgan fingerprint density at radius 3 is 2.77 bits per heavy atom. The highest BCUT2D eigenvalue weighted by atomic mass is 35.5. The third-order valence-corrected chi connectivity index (χ3v) is 4.55. The monoisotopic (exact) mass is 374 g/mol. The molecular formula is C19H20ClFN4O. The molecule has 0 radical (unpaired) electrons. The minimum Gasteiger partial charge on any atom is -0.336 e. The number of nitrogens with zero attached hydrogens (tertiary/aromatic N) is 4. The lowest BCUT2D eigenvalue weighted by Crippen LogP contribution is -2.37. The standard InChI is InChI=1S/C19H20ClFN4O/c1-5-24(11(2)3)19(26)15-8-13(21)6-7-14(15)18-16-9-22-12(4)25(16)10-17(20)23-18/h6-11H,5H2,1-4H3. The lowest BCUT2D eigenvalue weighted by Gasteiger charge is -2.26. The van der Waals surface area contributed by atoms with Crippen LogP contribution in [0.2, 0.25) is 5.15 Å². The summed E-state index contributed by atoms with van der Waals surface area (Å²) in [6.07, 6.45) is 3.34. The Labute approximate surface area is 156 Å². The Bertz CT molecular complexity index is 983. The maximum absolute atomic E-state index is 14.0. The number of aromatic nitrogens is 3. The Morgan fingerprint density at radius 1 is 1.38 bits per heavy atom. The van der Waals surface area contributed by atoms with Gasteiger partial charge in [-0.05, 0) is 45.9 Å². The second-order valence-corrected chi connectivity index (χ2v) is 6.73. The molecule has 3 aromatic rings. The summed E-state index contributed by atoms with van der Waals surface area (Å²) in [5.41, 5.74) is 2.00. The van der Waals surface area contributed by atoms with E-state index in [1.807, 2.05) is 32.1 Å². The molecule has 0 spiro atoms. The molecule has 0 atom stereocenters. The molecule has 0 N–H and O–H groups in total. The average molecular weight is 375 g/mol. The van der Waals surface area contributed by atoms with Gasteiger partial charge in [0.15, 0.2) is 0 Å². The molecule has 26 heavy (non-hydrogen) atoms. The summed E-state index contributed by atoms with van der Waals surface area (Å²) in [7, 11) is 0. The maximum atomic E-state index is 14.0. The molecule has 0 aliphatic rings. The number of amides is 1. The molecule has 0 unspecified atom stereocenters. The number of hydrogen-bond acceptors (Lipinski definition) is 3. The largest absolute Gasteiger partial charge is 0.336 e. The van der Waals surface area contributed by atoms with E-state index in [4.69, 9.17) is 11.6 Å². The molecule has 2 aromatic heterocycles. The average Bonchev–Trinajstić information content (AvgIpc) is 2.95. The number of imidazole rings is 1. The molecule has 0 saturated carbocycles. The highest BCUT2D eigenvalue weighted by molar-refractivity contribution is 6.29. The fourth-order valence-corrected chi connectivity index (χ4v) is 3.27. The predicted octanol–water partition coefficient (Wildman–Crippen LogP) is 4.37. The van der Waals surface area contributed by atoms with Gasteiger partial charge < -0.3 is 4.90 Å². The molecule has 0 aliphatic heterocycles. The van der Waals surface area contributed by atoms with E-state index in [2.05, 4.69) is 9.97 Å². The first-order valence-electron chi connectivity index (χ1n) is 8.44. The number of aryl methyl sites for hydroxylation is 1. The van der Waals surface area contributed by atoms with Crippen molar-refractivity contribution < 1.29 is 9.18 Å². The van der Waals surface area contributed by atoms with Gasteiger partial charge in [-0.15, -0.1) is 0 Å². The molecule has 2 heterocycles. The zero-order chi connectivity index (χ0) is 19.0. The van der Waals surface area contributed by atoms with Gasteiger partial charge in [-0.25, -0.2) is 14.4 Å². The van der Waals surface area contributed by atoms with E-state index in [0.717, 1.165) is 5.82 Å². The molecule has 0 saturated heterocycles. The molecule has 0 bridgehead atoms. The zero-order valence-corrected chi connectivity index (χ0v) is 15.9. The summed E-state index contributed by atoms with van der Waals surface area (Å²) >= 11 is 6.18. The first-order valence-corrected chi connectivity index (χ1v) is 8.82. The highest BCUT2D eigenvalue weighted by Gasteiger charge is 2.23. The summed E-state index contributed by atoms with van der Waals surface area (Å²) in [4.78, 5) is 23.4. The molecule has 7 heteroatoms. The van der Waals surface area contributed by atoms with Crippen LogP contribution >= 0.6 is 11.6 Å². The fraction of sp³-hybridized carbons (Fsp3) is 0.316. The molecule has 5 nitrogen and oxygen atoms in total. The second-order valence-electron chi connectivity index (χ2n) is 6.35. The summed E-state index contributed by atoms with van der Waals surface area (Å²) in [6.45, 7) is 8.12. The Hall–Kier alpha value is -2.47. The molecule has 3 rings (SSSR count). The van der Waals surface area contributed by atoms with Crippen molar-refractivity contribution in [1.29, 1.82) is 0 Å². The minimum atomic E-state index is -0.473. The van der Waals surface area contributed by atoms with Gasteiger partial charge >= 0.3 is 0 Å². The van der Waals surface area contributed by atoms with Gasteiger partial charge in [0.05, 0.1) is 23.0 Å². The minimum absolute atomic E-state index is 0.00633. The van der Waals surface area contributed by atoms with Crippen LogP contribution in [-0.2, 0) is 0 Å². The van der Waals surface area contributed by atoms with Crippen molar-refractivity contribution in [3.63, 3.8) is 0 Å². The molecule has 136 valence electrons. The van der Waals surface area contributed by atoms with Gasteiger partial charge in [0.1, 0.15) is 16.8 Å². The summed E-state index contributed by atoms with van der Waals surface area (Å²) in [5, 5.41) is 0.271. The van der Waals surface area contributed by atoms with Gasteiger partial charge in [0, 0.05) is 24.3 Å². The van der Waals surface area contributed by atoms with Crippen molar-refractivity contribution >= 4 is 23.0 Å². The van der Waals surface area contributed by atoms with Crippen molar-refractivity contribution in [2.24, 2.45) is 0 Å². The zero-order valence-electron chi connectivity index (χ0n) is 15.1. The van der Waals surface area contributed by atoms with Crippen LogP contribution in [0.15, 0.2) is 30.6 Å². The third-order valence-electron chi connectivity index (χ3n) is 4.37. The smallest absolute Gasteiger partial charge is 0.254 e. The fourth-order valence-electron chi connectivity index (χ4n) is 3.09. The lowest BCUT2D eigenvalue weighted by atomic mass is 10.0. The van der Waals surface area contributed by atoms with Gasteiger partial charge in [-0.3, -0.25) is 9.20 Å². The van der Waals surface area contributed by atoms with E-state index in [1.54, 1.807) is 23.4 Å². The van der Waals surface area contributed by atoms with Crippen LogP contribution in [0, 0.1) is 12.7 Å². The number of halogens is 2. The van der Waals surface area contributed by atoms with Gasteiger partial charge in [0.2, 0.25) is 0 Å². The van der Waals surface area contributed by atoms with E-state index in [1.165, 1.54) is 12.1 Å². The van der Waals surface area contributed by atoms with E-state index < -0.39 is 5.82 Å². The van der Waals surface area contributed by atoms with Crippen LogP contribution in [-0.4, -0.2) is 37.8 Å². The van der Waals surface area contributed by atoms with Crippen molar-refractivity contribution in [2.75, 3.05) is 6.54 Å². The predicted molar refractivity (Wildman–Crippen MR) is 100.0 cm³/mol. The lowest BCUT2D eigenvalue weighted by molar-refractivity contribution is 0.0717. The third kappa shape index (κ3) is 3.17. The number of carbonyl (C=O) groups is 1. The topological polar surface area (TPSA) is 50.5 Å². The normalized spacial score (nSPS) is 11.3. The molecule has 1 aromatic carbocycles. The SMILES string of the molecule is CCN(C(=O)c1cc(F)ccc1-c1nc(Cl)cn2c(C)ncc12)C(C)C. The summed E-state index contributed by atoms with van der Waals surface area (Å²) < 4.78 is 15.8. The highest BCUT2D eigenvalue weighted by Crippen LogP contribution is 2.30. The van der Waals surface area contributed by atoms with Crippen LogP contribution in [0.4, 0.5) is 4.39 Å². The molecular weight excluding hydrogens is 355 g/mol. The van der Waals surface area contributed by atoms with E-state index >= 15 is 0 Å². The summed E-state index contributed by atoms with van der Waals surface area (Å²) in [6, 6.07) is 4.14. The number of benzene rings is 1. The number of carbonyl (C=O) groups excluding carboxylic acids is 1. The molecule has 0 fully saturated rings. The van der Waals surface area contributed by atoms with Crippen LogP contribution in [0.1, 0.15) is 37.0 Å². The van der Waals surface area contributed by atoms with Crippen molar-refractivity contribution in [3.05, 3.63) is 53.0 Å². The van der Waals surface area contributed by atoms with Gasteiger partial charge in [-0.2, -0.15) is 0 Å². The number of rotatable bonds is 4. The van der Waals surface area contributed by atoms with E-state index in [0.29, 0.717) is 23.3 Å². The number of fused-ring (bicyclic) bond motifs is 1. The van der Waals surface area contributed by atoms with Crippen LogP contribution < -0.4 is 0 Å². The Balaban J connectivity index is 2.26. The number of hydrogen-bond donors (Lipinski definition) is 0. The Morgan fingerprint density at radius 2 is 2.12 bits per heavy atom. The van der Waals surface area contributed by atoms with E-state index in [9.17, 15) is 9.18 Å². The quantitative estimate of drug-likeness (QED) is 0.681. The first kappa shape index (κ1) is 18.3. The van der Waals surface area contributed by atoms with Crippen LogP contribution in [0.5, 0.6) is 0 Å². The molecule has 0 aliphatic carbocycles.